The molecule has 1 aromatic heterocycles. The maximum atomic E-state index is 13.3. The molecule has 1 unspecified atom stereocenters. The lowest BCUT2D eigenvalue weighted by molar-refractivity contribution is -0.305. The molecule has 1 aromatic carbocycles. The Morgan fingerprint density at radius 2 is 1.89 bits per heavy atom. The van der Waals surface area contributed by atoms with Crippen molar-refractivity contribution in [3.05, 3.63) is 59.4 Å². The first-order valence-electron chi connectivity index (χ1n) is 12.9. The Morgan fingerprint density at radius 1 is 1.14 bits per heavy atom. The van der Waals surface area contributed by atoms with E-state index in [2.05, 4.69) is 10.3 Å². The average Bonchev–Trinajstić information content (AvgIpc) is 3.02. The number of pyridine rings is 1. The number of carboxylic acid groups (broad SMARTS) is 1. The lowest BCUT2D eigenvalue weighted by Gasteiger charge is -2.28. The van der Waals surface area contributed by atoms with Crippen molar-refractivity contribution in [1.82, 2.24) is 14.8 Å². The fourth-order valence-electron chi connectivity index (χ4n) is 5.21. The number of aromatic nitrogens is 1. The van der Waals surface area contributed by atoms with E-state index in [4.69, 9.17) is 0 Å². The van der Waals surface area contributed by atoms with Gasteiger partial charge in [0.15, 0.2) is 0 Å². The van der Waals surface area contributed by atoms with Crippen LogP contribution in [-0.4, -0.2) is 58.7 Å². The average molecular weight is 492 g/mol. The van der Waals surface area contributed by atoms with E-state index < -0.39 is 18.4 Å². The van der Waals surface area contributed by atoms with Crippen molar-refractivity contribution in [2.24, 2.45) is 5.92 Å². The monoisotopic (exact) mass is 491 g/mol. The molecule has 1 atom stereocenters. The molecule has 0 saturated heterocycles. The van der Waals surface area contributed by atoms with Gasteiger partial charge in [-0.3, -0.25) is 14.6 Å². The van der Waals surface area contributed by atoms with E-state index in [0.29, 0.717) is 43.2 Å². The van der Waals surface area contributed by atoms with Crippen LogP contribution in [0.25, 0.3) is 0 Å². The molecule has 8 heteroatoms. The van der Waals surface area contributed by atoms with E-state index >= 15 is 0 Å². The van der Waals surface area contributed by atoms with E-state index in [1.54, 1.807) is 41.4 Å². The lowest BCUT2D eigenvalue weighted by atomic mass is 9.87. The highest BCUT2D eigenvalue weighted by atomic mass is 16.4. The smallest absolute Gasteiger partial charge is 0.253 e. The number of fused-ring (bicyclic) bond motifs is 1. The molecule has 8 nitrogen and oxygen atoms in total. The van der Waals surface area contributed by atoms with Crippen molar-refractivity contribution < 1.29 is 19.5 Å². The number of likely N-dealkylation sites (N-methyl/N-ethyl adjacent to an activating group) is 1. The van der Waals surface area contributed by atoms with Crippen LogP contribution >= 0.6 is 0 Å². The van der Waals surface area contributed by atoms with Gasteiger partial charge in [-0.2, -0.15) is 0 Å². The fraction of sp³-hybridized carbons (Fsp3) is 0.500. The zero-order valence-corrected chi connectivity index (χ0v) is 20.9. The largest absolute Gasteiger partial charge is 0.550 e. The molecule has 1 aliphatic heterocycles. The number of hydrogen-bond acceptors (Lipinski definition) is 6. The zero-order valence-electron chi connectivity index (χ0n) is 20.9. The van der Waals surface area contributed by atoms with Gasteiger partial charge in [-0.05, 0) is 54.2 Å². The second-order valence-electron chi connectivity index (χ2n) is 10.0. The maximum Gasteiger partial charge on any atom is 0.253 e. The zero-order chi connectivity index (χ0) is 25.5. The molecule has 0 radical (unpaired) electrons. The van der Waals surface area contributed by atoms with Crippen LogP contribution < -0.4 is 10.4 Å². The summed E-state index contributed by atoms with van der Waals surface area (Å²) in [6.07, 6.45) is 10.8. The van der Waals surface area contributed by atoms with Crippen molar-refractivity contribution in [1.29, 1.82) is 0 Å². The van der Waals surface area contributed by atoms with Gasteiger partial charge in [0.2, 0.25) is 5.91 Å². The van der Waals surface area contributed by atoms with Gasteiger partial charge in [0.05, 0.1) is 0 Å². The minimum absolute atomic E-state index is 0.130. The van der Waals surface area contributed by atoms with Crippen LogP contribution in [0, 0.1) is 5.92 Å². The molecule has 2 aliphatic rings. The van der Waals surface area contributed by atoms with Gasteiger partial charge < -0.3 is 25.0 Å². The molecule has 4 rings (SSSR count). The van der Waals surface area contributed by atoms with Gasteiger partial charge in [0.1, 0.15) is 6.04 Å². The number of nitrogens with zero attached hydrogens (tertiary/aromatic N) is 3. The normalized spacial score (nSPS) is 18.2. The molecule has 36 heavy (non-hydrogen) atoms. The number of carbonyl (C=O) groups excluding carboxylic acids is 3. The molecule has 1 N–H and O–H groups in total. The molecule has 1 aliphatic carbocycles. The summed E-state index contributed by atoms with van der Waals surface area (Å²) in [5.74, 6) is -1.02. The third kappa shape index (κ3) is 6.62. The number of hydrogen-bond donors (Lipinski definition) is 1. The van der Waals surface area contributed by atoms with E-state index in [1.807, 2.05) is 18.2 Å². The van der Waals surface area contributed by atoms with Gasteiger partial charge in [0.25, 0.3) is 5.91 Å². The van der Waals surface area contributed by atoms with Crippen LogP contribution in [0.15, 0.2) is 42.7 Å². The Hall–Kier alpha value is -3.42. The standard InChI is InChI=1S/C28H36N4O4/c1-31(15-11-21-9-13-29-14-10-21)27(35)22-7-8-23-19-32(16-12-20-5-3-2-4-6-20)28(36)25(18-26(33)34)30-24(23)17-22/h7-10,13-14,17,20,25,30H,2-6,11-12,15-16,18-19H2,1H3,(H,33,34)/p-1. The predicted octanol–water partition coefficient (Wildman–Crippen LogP) is 2.63. The Bertz CT molecular complexity index is 1070. The summed E-state index contributed by atoms with van der Waals surface area (Å²) < 4.78 is 0. The summed E-state index contributed by atoms with van der Waals surface area (Å²) in [5.41, 5.74) is 3.10. The highest BCUT2D eigenvalue weighted by molar-refractivity contribution is 5.96. The molecule has 2 heterocycles. The van der Waals surface area contributed by atoms with Crippen LogP contribution in [0.2, 0.25) is 0 Å². The van der Waals surface area contributed by atoms with Gasteiger partial charge in [-0.25, -0.2) is 0 Å². The number of carbonyl (C=O) groups is 3. The Balaban J connectivity index is 1.48. The summed E-state index contributed by atoms with van der Waals surface area (Å²) in [7, 11) is 1.76. The van der Waals surface area contributed by atoms with Crippen LogP contribution in [0.4, 0.5) is 5.69 Å². The fourth-order valence-corrected chi connectivity index (χ4v) is 5.21. The van der Waals surface area contributed by atoms with Gasteiger partial charge >= 0.3 is 0 Å². The summed E-state index contributed by atoms with van der Waals surface area (Å²) in [5, 5.41) is 14.5. The first-order valence-corrected chi connectivity index (χ1v) is 12.9. The third-order valence-electron chi connectivity index (χ3n) is 7.39. The molecule has 0 spiro atoms. The van der Waals surface area contributed by atoms with Gasteiger partial charge in [0, 0.05) is 62.7 Å². The summed E-state index contributed by atoms with van der Waals surface area (Å²) >= 11 is 0. The SMILES string of the molecule is CN(CCc1ccncc1)C(=O)c1ccc2c(c1)NC(CC(=O)[O-])C(=O)N(CCC1CCCCC1)C2. The molecule has 192 valence electrons. The second-order valence-corrected chi connectivity index (χ2v) is 10.0. The molecule has 1 saturated carbocycles. The van der Waals surface area contributed by atoms with Crippen molar-refractivity contribution >= 4 is 23.5 Å². The first kappa shape index (κ1) is 25.7. The highest BCUT2D eigenvalue weighted by Crippen LogP contribution is 2.29. The van der Waals surface area contributed by atoms with Crippen LogP contribution in [0.1, 0.15) is 66.4 Å². The second kappa shape index (κ2) is 12.0. The van der Waals surface area contributed by atoms with Crippen LogP contribution in [0.3, 0.4) is 0 Å². The number of carboxylic acids is 1. The Morgan fingerprint density at radius 3 is 2.61 bits per heavy atom. The van der Waals surface area contributed by atoms with Crippen molar-refractivity contribution in [3.8, 4) is 0 Å². The maximum absolute atomic E-state index is 13.3. The summed E-state index contributed by atoms with van der Waals surface area (Å²) in [6, 6.07) is 8.33. The van der Waals surface area contributed by atoms with Crippen LogP contribution in [0.5, 0.6) is 0 Å². The lowest BCUT2D eigenvalue weighted by Crippen LogP contribution is -2.44. The molecule has 1 fully saturated rings. The first-order chi connectivity index (χ1) is 17.4. The number of nitrogens with one attached hydrogen (secondary N) is 1. The van der Waals surface area contributed by atoms with Crippen LogP contribution in [-0.2, 0) is 22.6 Å². The van der Waals surface area contributed by atoms with Crippen molar-refractivity contribution in [2.45, 2.75) is 64.0 Å². The number of anilines is 1. The predicted molar refractivity (Wildman–Crippen MR) is 135 cm³/mol. The molecule has 2 aromatic rings. The van der Waals surface area contributed by atoms with Gasteiger partial charge in [-0.1, -0.05) is 38.2 Å². The summed E-state index contributed by atoms with van der Waals surface area (Å²) in [6.45, 7) is 1.55. The molecule has 0 bridgehead atoms. The Labute approximate surface area is 212 Å². The molecule has 2 amide bonds. The van der Waals surface area contributed by atoms with Gasteiger partial charge in [-0.15, -0.1) is 0 Å². The van der Waals surface area contributed by atoms with Crippen molar-refractivity contribution in [2.75, 3.05) is 25.5 Å². The van der Waals surface area contributed by atoms with E-state index in [9.17, 15) is 19.5 Å². The van der Waals surface area contributed by atoms with E-state index in [-0.39, 0.29) is 11.8 Å². The van der Waals surface area contributed by atoms with Crippen molar-refractivity contribution in [3.63, 3.8) is 0 Å². The highest BCUT2D eigenvalue weighted by Gasteiger charge is 2.30. The third-order valence-corrected chi connectivity index (χ3v) is 7.39. The Kier molecular flexibility index (Phi) is 8.57. The number of amides is 2. The minimum Gasteiger partial charge on any atom is -0.550 e. The van der Waals surface area contributed by atoms with E-state index in [1.165, 1.54) is 32.1 Å². The van der Waals surface area contributed by atoms with E-state index in [0.717, 1.165) is 17.5 Å². The minimum atomic E-state index is -1.28. The molecular formula is C28H35N4O4-. The number of rotatable bonds is 9. The number of aliphatic carboxylic acids is 1. The quantitative estimate of drug-likeness (QED) is 0.578. The summed E-state index contributed by atoms with van der Waals surface area (Å²) in [4.78, 5) is 45.2. The topological polar surface area (TPSA) is 106 Å². The number of benzene rings is 1. The molecular weight excluding hydrogens is 456 g/mol.